The predicted octanol–water partition coefficient (Wildman–Crippen LogP) is 4.30. The molecule has 0 aliphatic heterocycles. The minimum Gasteiger partial charge on any atom is -0.273 e. The molecule has 0 fully saturated rings. The van der Waals surface area contributed by atoms with Crippen LogP contribution in [0.5, 0.6) is 0 Å². The minimum absolute atomic E-state index is 0. The van der Waals surface area contributed by atoms with Gasteiger partial charge in [-0.1, -0.05) is 35.3 Å². The summed E-state index contributed by atoms with van der Waals surface area (Å²) in [7, 11) is 0. The van der Waals surface area contributed by atoms with Gasteiger partial charge in [0.15, 0.2) is 0 Å². The van der Waals surface area contributed by atoms with E-state index < -0.39 is 0 Å². The Balaban J connectivity index is 0.000000246. The summed E-state index contributed by atoms with van der Waals surface area (Å²) in [6, 6.07) is 7.19. The van der Waals surface area contributed by atoms with Crippen molar-refractivity contribution < 1.29 is 17.1 Å². The fraction of sp³-hybridized carbons (Fsp3) is 0.0909. The standard InChI is InChI=1S/C6H4Cl2.C5H5.Fe/c7-5-3-1-2-4-6(5)8;1-2-4-5-3-1;/h1-4H;1-3H,4H2;/q;-1;. The smallest absolute Gasteiger partial charge is 0.0592 e. The first kappa shape index (κ1) is 13.8. The minimum atomic E-state index is 0. The molecule has 2 rings (SSSR count). The molecule has 0 atom stereocenters. The van der Waals surface area contributed by atoms with Crippen molar-refractivity contribution in [2.24, 2.45) is 0 Å². The number of halogens is 2. The van der Waals surface area contributed by atoms with Crippen LogP contribution in [0.3, 0.4) is 0 Å². The molecule has 14 heavy (non-hydrogen) atoms. The van der Waals surface area contributed by atoms with E-state index in [1.54, 1.807) is 12.1 Å². The zero-order chi connectivity index (χ0) is 9.52. The summed E-state index contributed by atoms with van der Waals surface area (Å²) >= 11 is 11.2. The summed E-state index contributed by atoms with van der Waals surface area (Å²) in [5.41, 5.74) is 0. The Bertz CT molecular complexity index is 288. The first-order chi connectivity index (χ1) is 6.30. The molecule has 76 valence electrons. The topological polar surface area (TPSA) is 0 Å². The second-order valence-corrected chi connectivity index (χ2v) is 3.23. The molecule has 0 heterocycles. The van der Waals surface area contributed by atoms with Gasteiger partial charge in [-0.25, -0.2) is 12.2 Å². The van der Waals surface area contributed by atoms with E-state index in [2.05, 4.69) is 12.2 Å². The second kappa shape index (κ2) is 8.14. The molecule has 0 amide bonds. The molecule has 1 aliphatic carbocycles. The van der Waals surface area contributed by atoms with Gasteiger partial charge >= 0.3 is 0 Å². The van der Waals surface area contributed by atoms with Crippen LogP contribution in [0, 0.1) is 6.08 Å². The zero-order valence-electron chi connectivity index (χ0n) is 7.36. The molecule has 0 bridgehead atoms. The molecular formula is C11H9Cl2Fe-. The van der Waals surface area contributed by atoms with E-state index in [1.165, 1.54) is 0 Å². The summed E-state index contributed by atoms with van der Waals surface area (Å²) in [5.74, 6) is 0. The van der Waals surface area contributed by atoms with Crippen LogP contribution in [0.25, 0.3) is 0 Å². The molecule has 3 heteroatoms. The summed E-state index contributed by atoms with van der Waals surface area (Å²) in [6.07, 6.45) is 10.0. The van der Waals surface area contributed by atoms with E-state index in [4.69, 9.17) is 23.2 Å². The van der Waals surface area contributed by atoms with Crippen LogP contribution in [-0.2, 0) is 17.1 Å². The van der Waals surface area contributed by atoms with Gasteiger partial charge in [-0.15, -0.1) is 6.42 Å². The average Bonchev–Trinajstić information content (AvgIpc) is 2.68. The maximum Gasteiger partial charge on any atom is 0.0592 e. The Morgan fingerprint density at radius 3 is 1.86 bits per heavy atom. The number of benzene rings is 1. The summed E-state index contributed by atoms with van der Waals surface area (Å²) in [4.78, 5) is 0. The molecule has 0 N–H and O–H groups in total. The molecule has 0 aromatic heterocycles. The Kier molecular flexibility index (Phi) is 8.02. The Morgan fingerprint density at radius 1 is 1.07 bits per heavy atom. The maximum atomic E-state index is 5.58. The fourth-order valence-corrected chi connectivity index (χ4v) is 1.05. The van der Waals surface area contributed by atoms with Crippen molar-refractivity contribution in [3.63, 3.8) is 0 Å². The third-order valence-corrected chi connectivity index (χ3v) is 2.17. The van der Waals surface area contributed by atoms with Crippen molar-refractivity contribution >= 4 is 23.2 Å². The normalized spacial score (nSPS) is 11.6. The van der Waals surface area contributed by atoms with Crippen LogP contribution < -0.4 is 0 Å². The molecule has 1 aromatic rings. The SMILES string of the molecule is Clc1ccccc1Cl.[C-]1=CC=CC1.[Fe]. The maximum absolute atomic E-state index is 5.58. The molecule has 0 nitrogen and oxygen atoms in total. The van der Waals surface area contributed by atoms with Gasteiger partial charge in [0, 0.05) is 17.1 Å². The van der Waals surface area contributed by atoms with E-state index in [9.17, 15) is 0 Å². The van der Waals surface area contributed by atoms with Gasteiger partial charge in [-0.2, -0.15) is 6.08 Å². The second-order valence-electron chi connectivity index (χ2n) is 2.42. The van der Waals surface area contributed by atoms with Crippen LogP contribution in [0.4, 0.5) is 0 Å². The van der Waals surface area contributed by atoms with Gasteiger partial charge in [-0.05, 0) is 12.1 Å². The fourth-order valence-electron chi connectivity index (χ4n) is 0.780. The van der Waals surface area contributed by atoms with Gasteiger partial charge in [0.05, 0.1) is 10.0 Å². The van der Waals surface area contributed by atoms with E-state index in [-0.39, 0.29) is 17.1 Å². The van der Waals surface area contributed by atoms with E-state index >= 15 is 0 Å². The van der Waals surface area contributed by atoms with Crippen LogP contribution >= 0.6 is 23.2 Å². The molecule has 0 saturated heterocycles. The molecule has 1 aliphatic rings. The molecule has 0 saturated carbocycles. The molecular weight excluding hydrogens is 259 g/mol. The summed E-state index contributed by atoms with van der Waals surface area (Å²) in [5, 5.41) is 1.21. The Morgan fingerprint density at radius 2 is 1.64 bits per heavy atom. The van der Waals surface area contributed by atoms with Crippen LogP contribution in [0.2, 0.25) is 10.0 Å². The molecule has 0 unspecified atom stereocenters. The van der Waals surface area contributed by atoms with Crippen molar-refractivity contribution in [3.05, 3.63) is 58.6 Å². The number of allylic oxidation sites excluding steroid dienone is 4. The van der Waals surface area contributed by atoms with Gasteiger partial charge in [0.25, 0.3) is 0 Å². The number of hydrogen-bond acceptors (Lipinski definition) is 0. The van der Waals surface area contributed by atoms with Crippen molar-refractivity contribution in [2.45, 2.75) is 6.42 Å². The molecule has 0 radical (unpaired) electrons. The third-order valence-electron chi connectivity index (χ3n) is 1.41. The average molecular weight is 268 g/mol. The van der Waals surface area contributed by atoms with Crippen LogP contribution in [0.15, 0.2) is 42.5 Å². The Hall–Kier alpha value is -0.201. The van der Waals surface area contributed by atoms with Crippen LogP contribution in [0.1, 0.15) is 6.42 Å². The van der Waals surface area contributed by atoms with Gasteiger partial charge in [0.2, 0.25) is 0 Å². The van der Waals surface area contributed by atoms with E-state index in [0.717, 1.165) is 6.42 Å². The van der Waals surface area contributed by atoms with Crippen molar-refractivity contribution in [1.29, 1.82) is 0 Å². The molecule has 1 aromatic carbocycles. The first-order valence-electron chi connectivity index (χ1n) is 3.92. The molecule has 0 spiro atoms. The van der Waals surface area contributed by atoms with E-state index in [1.807, 2.05) is 24.3 Å². The van der Waals surface area contributed by atoms with Gasteiger partial charge in [0.1, 0.15) is 0 Å². The van der Waals surface area contributed by atoms with E-state index in [0.29, 0.717) is 10.0 Å². The van der Waals surface area contributed by atoms with Crippen molar-refractivity contribution in [3.8, 4) is 0 Å². The first-order valence-corrected chi connectivity index (χ1v) is 4.68. The summed E-state index contributed by atoms with van der Waals surface area (Å²) in [6.45, 7) is 0. The van der Waals surface area contributed by atoms with Crippen molar-refractivity contribution in [2.75, 3.05) is 0 Å². The predicted molar refractivity (Wildman–Crippen MR) is 58.0 cm³/mol. The van der Waals surface area contributed by atoms with Gasteiger partial charge in [-0.3, -0.25) is 6.08 Å². The largest absolute Gasteiger partial charge is 0.273 e. The van der Waals surface area contributed by atoms with Crippen LogP contribution in [-0.4, -0.2) is 0 Å². The number of hydrogen-bond donors (Lipinski definition) is 0. The van der Waals surface area contributed by atoms with Crippen molar-refractivity contribution in [1.82, 2.24) is 0 Å². The monoisotopic (exact) mass is 267 g/mol. The van der Waals surface area contributed by atoms with Gasteiger partial charge < -0.3 is 0 Å². The zero-order valence-corrected chi connectivity index (χ0v) is 9.97. The third kappa shape index (κ3) is 5.51. The quantitative estimate of drug-likeness (QED) is 0.486. The Labute approximate surface area is 105 Å². The summed E-state index contributed by atoms with van der Waals surface area (Å²) < 4.78 is 0. The number of rotatable bonds is 0.